The van der Waals surface area contributed by atoms with E-state index in [-0.39, 0.29) is 38.2 Å². The van der Waals surface area contributed by atoms with Crippen LogP contribution < -0.4 is 0 Å². The van der Waals surface area contributed by atoms with Crippen LogP contribution in [0.25, 0.3) is 0 Å². The van der Waals surface area contributed by atoms with Crippen LogP contribution in [-0.2, 0) is 9.59 Å². The van der Waals surface area contributed by atoms with Crippen molar-refractivity contribution in [2.24, 2.45) is 17.8 Å². The summed E-state index contributed by atoms with van der Waals surface area (Å²) in [6.07, 6.45) is 7.04. The molecule has 0 aliphatic rings. The zero-order valence-corrected chi connectivity index (χ0v) is 14.5. The third kappa shape index (κ3) is 9.59. The van der Waals surface area contributed by atoms with Crippen LogP contribution in [0.1, 0.15) is 68.6 Å². The number of carbonyl (C=O) groups is 2. The minimum atomic E-state index is -1.26. The predicted octanol–water partition coefficient (Wildman–Crippen LogP) is 3.64. The quantitative estimate of drug-likeness (QED) is 0.347. The molecule has 0 spiro atoms. The van der Waals surface area contributed by atoms with Crippen LogP contribution in [0.15, 0.2) is 0 Å². The summed E-state index contributed by atoms with van der Waals surface area (Å²) in [7, 11) is 0. The fourth-order valence-corrected chi connectivity index (χ4v) is 2.34. The zero-order valence-electron chi connectivity index (χ0n) is 15.1. The van der Waals surface area contributed by atoms with Gasteiger partial charge in [0.15, 0.2) is 5.92 Å². The molecule has 1 atom stereocenters. The van der Waals surface area contributed by atoms with Gasteiger partial charge in [-0.05, 0) is 18.3 Å². The largest absolute Gasteiger partial charge is 2.00 e. The van der Waals surface area contributed by atoms with Crippen molar-refractivity contribution < 1.29 is 22.7 Å². The summed E-state index contributed by atoms with van der Waals surface area (Å²) in [5.74, 6) is -3.19. The fraction of sp³-hybridized carbons (Fsp3) is 0.867. The van der Waals surface area contributed by atoms with Gasteiger partial charge >= 0.3 is 35.0 Å². The van der Waals surface area contributed by atoms with E-state index >= 15 is 0 Å². The molecule has 20 heavy (non-hydrogen) atoms. The van der Waals surface area contributed by atoms with E-state index in [9.17, 15) is 9.59 Å². The maximum Gasteiger partial charge on any atom is 2.00 e. The Balaban J connectivity index is -0.000000540. The van der Waals surface area contributed by atoms with Crippen molar-refractivity contribution in [3.8, 4) is 0 Å². The van der Waals surface area contributed by atoms with Crippen LogP contribution in [0.2, 0.25) is 0 Å². The Bertz CT molecular complexity index is 275. The standard InChI is InChI=1S/C15H28O4.Mg.2H/c1-4-5-6-7-8-9-12(11(2)3)10-13(14(16)17)15(18)19;;;/h11-13H,4-10H2,1-3H3,(H,16,17)(H,18,19);;;/q;+2;2*-1. The van der Waals surface area contributed by atoms with Gasteiger partial charge in [-0.15, -0.1) is 0 Å². The summed E-state index contributed by atoms with van der Waals surface area (Å²) in [5.41, 5.74) is 0. The van der Waals surface area contributed by atoms with Crippen LogP contribution in [0, 0.1) is 17.8 Å². The predicted molar refractivity (Wildman–Crippen MR) is 83.1 cm³/mol. The Morgan fingerprint density at radius 1 is 1.00 bits per heavy atom. The smallest absolute Gasteiger partial charge is 1.00 e. The van der Waals surface area contributed by atoms with E-state index in [1.54, 1.807) is 0 Å². The maximum absolute atomic E-state index is 10.9. The number of carboxylic acid groups (broad SMARTS) is 2. The van der Waals surface area contributed by atoms with Gasteiger partial charge < -0.3 is 13.1 Å². The number of rotatable bonds is 11. The van der Waals surface area contributed by atoms with Crippen molar-refractivity contribution >= 4 is 35.0 Å². The van der Waals surface area contributed by atoms with Crippen LogP contribution in [0.4, 0.5) is 0 Å². The van der Waals surface area contributed by atoms with Gasteiger partial charge in [-0.3, -0.25) is 9.59 Å². The first kappa shape index (κ1) is 22.0. The van der Waals surface area contributed by atoms with Crippen LogP contribution >= 0.6 is 0 Å². The van der Waals surface area contributed by atoms with Crippen molar-refractivity contribution in [1.29, 1.82) is 0 Å². The van der Waals surface area contributed by atoms with Gasteiger partial charge in [-0.25, -0.2) is 0 Å². The van der Waals surface area contributed by atoms with Crippen molar-refractivity contribution in [2.45, 2.75) is 65.7 Å². The first-order valence-electron chi connectivity index (χ1n) is 7.35. The first-order valence-corrected chi connectivity index (χ1v) is 7.35. The molecule has 0 aliphatic carbocycles. The Kier molecular flexibility index (Phi) is 13.7. The second-order valence-electron chi connectivity index (χ2n) is 5.67. The second-order valence-corrected chi connectivity index (χ2v) is 5.67. The number of hydrogen-bond donors (Lipinski definition) is 2. The number of aliphatic carboxylic acids is 2. The molecule has 5 heteroatoms. The topological polar surface area (TPSA) is 74.6 Å². The first-order chi connectivity index (χ1) is 8.90. The van der Waals surface area contributed by atoms with E-state index in [0.29, 0.717) is 5.92 Å². The molecule has 0 bridgehead atoms. The summed E-state index contributed by atoms with van der Waals surface area (Å²) >= 11 is 0. The van der Waals surface area contributed by atoms with Crippen molar-refractivity contribution in [2.75, 3.05) is 0 Å². The van der Waals surface area contributed by atoms with Gasteiger partial charge in [0.05, 0.1) is 0 Å². The summed E-state index contributed by atoms with van der Waals surface area (Å²) in [4.78, 5) is 21.9. The van der Waals surface area contributed by atoms with Gasteiger partial charge in [0.2, 0.25) is 0 Å². The van der Waals surface area contributed by atoms with Gasteiger partial charge in [0.25, 0.3) is 0 Å². The van der Waals surface area contributed by atoms with E-state index in [4.69, 9.17) is 10.2 Å². The third-order valence-corrected chi connectivity index (χ3v) is 3.76. The van der Waals surface area contributed by atoms with E-state index < -0.39 is 17.9 Å². The molecule has 0 aliphatic heterocycles. The molecule has 0 rings (SSSR count). The normalized spacial score (nSPS) is 12.2. The molecule has 0 fully saturated rings. The average Bonchev–Trinajstić information content (AvgIpc) is 2.31. The second kappa shape index (κ2) is 12.4. The molecule has 0 saturated heterocycles. The average molecular weight is 299 g/mol. The van der Waals surface area contributed by atoms with Gasteiger partial charge in [0, 0.05) is 0 Å². The van der Waals surface area contributed by atoms with Crippen molar-refractivity contribution in [1.82, 2.24) is 0 Å². The minimum absolute atomic E-state index is 0. The number of hydrogen-bond acceptors (Lipinski definition) is 2. The summed E-state index contributed by atoms with van der Waals surface area (Å²) in [6.45, 7) is 6.25. The Morgan fingerprint density at radius 2 is 1.50 bits per heavy atom. The monoisotopic (exact) mass is 298 g/mol. The van der Waals surface area contributed by atoms with E-state index in [2.05, 4.69) is 6.92 Å². The summed E-state index contributed by atoms with van der Waals surface area (Å²) < 4.78 is 0. The Labute approximate surface area is 141 Å². The molecule has 0 amide bonds. The van der Waals surface area contributed by atoms with E-state index in [1.165, 1.54) is 19.3 Å². The molecule has 4 nitrogen and oxygen atoms in total. The molecule has 0 aromatic rings. The van der Waals surface area contributed by atoms with Crippen LogP contribution in [0.5, 0.6) is 0 Å². The fourth-order valence-electron chi connectivity index (χ4n) is 2.34. The van der Waals surface area contributed by atoms with E-state index in [1.807, 2.05) is 13.8 Å². The van der Waals surface area contributed by atoms with Crippen LogP contribution in [-0.4, -0.2) is 45.2 Å². The molecule has 1 unspecified atom stereocenters. The van der Waals surface area contributed by atoms with E-state index in [0.717, 1.165) is 19.3 Å². The SMILES string of the molecule is CCCCCCCC(CC(C(=O)O)C(=O)O)C(C)C.[H-].[H-].[Mg+2]. The summed E-state index contributed by atoms with van der Waals surface area (Å²) in [5, 5.41) is 17.9. The molecular weight excluding hydrogens is 268 g/mol. The van der Waals surface area contributed by atoms with Crippen molar-refractivity contribution in [3.63, 3.8) is 0 Å². The molecule has 0 aromatic heterocycles. The number of carboxylic acids is 2. The van der Waals surface area contributed by atoms with Gasteiger partial charge in [-0.1, -0.05) is 59.3 Å². The molecule has 0 saturated carbocycles. The molecule has 116 valence electrons. The third-order valence-electron chi connectivity index (χ3n) is 3.76. The Morgan fingerprint density at radius 3 is 1.90 bits per heavy atom. The summed E-state index contributed by atoms with van der Waals surface area (Å²) in [6, 6.07) is 0. The Hall–Kier alpha value is -0.294. The van der Waals surface area contributed by atoms with Gasteiger partial charge in [-0.2, -0.15) is 0 Å². The maximum atomic E-state index is 10.9. The number of unbranched alkanes of at least 4 members (excludes halogenated alkanes) is 4. The minimum Gasteiger partial charge on any atom is -1.00 e. The molecule has 0 radical (unpaired) electrons. The molecule has 0 heterocycles. The van der Waals surface area contributed by atoms with Gasteiger partial charge in [0.1, 0.15) is 0 Å². The molecular formula is C15H30MgO4. The van der Waals surface area contributed by atoms with Crippen molar-refractivity contribution in [3.05, 3.63) is 0 Å². The zero-order chi connectivity index (χ0) is 14.8. The van der Waals surface area contributed by atoms with Crippen LogP contribution in [0.3, 0.4) is 0 Å². The molecule has 2 N–H and O–H groups in total. The molecule has 0 aromatic carbocycles.